The minimum atomic E-state index is -0.751. The Hall–Kier alpha value is -2.04. The molecule has 0 spiro atoms. The molecule has 0 saturated carbocycles. The van der Waals surface area contributed by atoms with E-state index in [1.54, 1.807) is 0 Å². The summed E-state index contributed by atoms with van der Waals surface area (Å²) in [6.07, 6.45) is 0. The number of hydrogen-bond acceptors (Lipinski definition) is 2. The van der Waals surface area contributed by atoms with Gasteiger partial charge in [-0.2, -0.15) is 0 Å². The van der Waals surface area contributed by atoms with Gasteiger partial charge >= 0.3 is 6.03 Å². The lowest BCUT2D eigenvalue weighted by Gasteiger charge is -2.12. The summed E-state index contributed by atoms with van der Waals surface area (Å²) in [5, 5.41) is 12.4. The van der Waals surface area contributed by atoms with Gasteiger partial charge in [-0.3, -0.25) is 10.7 Å². The van der Waals surface area contributed by atoms with E-state index in [2.05, 4.69) is 10.6 Å². The van der Waals surface area contributed by atoms with Gasteiger partial charge in [0.15, 0.2) is 0 Å². The molecule has 0 radical (unpaired) electrons. The molecule has 0 aliphatic carbocycles. The molecule has 2 amide bonds. The Kier molecular flexibility index (Phi) is 3.28. The van der Waals surface area contributed by atoms with Crippen molar-refractivity contribution in [3.8, 4) is 0 Å². The molecule has 5 N–H and O–H groups in total. The van der Waals surface area contributed by atoms with Gasteiger partial charge in [0.2, 0.25) is 5.96 Å². The van der Waals surface area contributed by atoms with Crippen LogP contribution >= 0.6 is 0 Å². The maximum absolute atomic E-state index is 10.5. The van der Waals surface area contributed by atoms with E-state index in [1.165, 1.54) is 0 Å². The van der Waals surface area contributed by atoms with E-state index in [4.69, 9.17) is 11.1 Å². The van der Waals surface area contributed by atoms with Gasteiger partial charge in [-0.05, 0) is 25.0 Å². The lowest BCUT2D eigenvalue weighted by atomic mass is 10.1. The SMILES string of the molecule is Cc1cccc(C)c1NC(=N)NC(N)=O. The number of guanidine groups is 1. The van der Waals surface area contributed by atoms with Gasteiger partial charge < -0.3 is 11.1 Å². The van der Waals surface area contributed by atoms with Gasteiger partial charge in [-0.25, -0.2) is 4.79 Å². The number of primary amides is 1. The fourth-order valence-electron chi connectivity index (χ4n) is 1.29. The lowest BCUT2D eigenvalue weighted by Crippen LogP contribution is -2.38. The molecule has 0 aromatic heterocycles. The maximum atomic E-state index is 10.5. The molecule has 5 heteroatoms. The van der Waals surface area contributed by atoms with Crippen LogP contribution in [0.2, 0.25) is 0 Å². The van der Waals surface area contributed by atoms with Crippen LogP contribution in [0.15, 0.2) is 18.2 Å². The Morgan fingerprint density at radius 1 is 1.33 bits per heavy atom. The summed E-state index contributed by atoms with van der Waals surface area (Å²) >= 11 is 0. The molecule has 1 aromatic carbocycles. The first kappa shape index (κ1) is 11.0. The van der Waals surface area contributed by atoms with Crippen LogP contribution < -0.4 is 16.4 Å². The predicted molar refractivity (Wildman–Crippen MR) is 60.0 cm³/mol. The quantitative estimate of drug-likeness (QED) is 0.412. The van der Waals surface area contributed by atoms with Crippen molar-refractivity contribution in [3.63, 3.8) is 0 Å². The number of anilines is 1. The van der Waals surface area contributed by atoms with Crippen molar-refractivity contribution in [2.75, 3.05) is 5.32 Å². The van der Waals surface area contributed by atoms with E-state index in [9.17, 15) is 4.79 Å². The molecule has 1 rings (SSSR count). The number of rotatable bonds is 1. The first-order valence-corrected chi connectivity index (χ1v) is 4.49. The Bertz CT molecular complexity index is 380. The molecule has 0 heterocycles. The highest BCUT2D eigenvalue weighted by atomic mass is 16.2. The third-order valence-electron chi connectivity index (χ3n) is 1.98. The number of hydrogen-bond donors (Lipinski definition) is 4. The molecule has 0 aliphatic heterocycles. The third kappa shape index (κ3) is 2.98. The Morgan fingerprint density at radius 3 is 2.33 bits per heavy atom. The maximum Gasteiger partial charge on any atom is 0.318 e. The van der Waals surface area contributed by atoms with Crippen molar-refractivity contribution < 1.29 is 4.79 Å². The molecule has 1 aromatic rings. The van der Waals surface area contributed by atoms with Crippen LogP contribution in [0.4, 0.5) is 10.5 Å². The van der Waals surface area contributed by atoms with Crippen LogP contribution in [0, 0.1) is 19.3 Å². The normalized spacial score (nSPS) is 9.47. The average Bonchev–Trinajstić information content (AvgIpc) is 2.10. The first-order chi connectivity index (χ1) is 7.00. The third-order valence-corrected chi connectivity index (χ3v) is 1.98. The zero-order valence-corrected chi connectivity index (χ0v) is 8.72. The van der Waals surface area contributed by atoms with Crippen LogP contribution in [0.3, 0.4) is 0 Å². The van der Waals surface area contributed by atoms with Gasteiger partial charge in [0.25, 0.3) is 0 Å². The number of nitrogens with one attached hydrogen (secondary N) is 3. The summed E-state index contributed by atoms with van der Waals surface area (Å²) in [5.74, 6) is -0.125. The molecule has 0 bridgehead atoms. The second kappa shape index (κ2) is 4.45. The summed E-state index contributed by atoms with van der Waals surface area (Å²) in [4.78, 5) is 10.5. The minimum Gasteiger partial charge on any atom is -0.351 e. The van der Waals surface area contributed by atoms with E-state index in [-0.39, 0.29) is 5.96 Å². The summed E-state index contributed by atoms with van der Waals surface area (Å²) in [6.45, 7) is 3.85. The second-order valence-corrected chi connectivity index (χ2v) is 3.26. The van der Waals surface area contributed by atoms with Gasteiger partial charge in [0.05, 0.1) is 0 Å². The standard InChI is InChI=1S/C10H14N4O/c1-6-4-3-5-7(2)8(6)13-9(11)14-10(12)15/h3-5H,1-2H3,(H5,11,12,13,14,15). The predicted octanol–water partition coefficient (Wildman–Crippen LogP) is 1.32. The summed E-state index contributed by atoms with van der Waals surface area (Å²) in [7, 11) is 0. The molecule has 0 aliphatic rings. The number of benzene rings is 1. The van der Waals surface area contributed by atoms with Crippen LogP contribution in [0.25, 0.3) is 0 Å². The first-order valence-electron chi connectivity index (χ1n) is 4.49. The molecular formula is C10H14N4O. The zero-order valence-electron chi connectivity index (χ0n) is 8.72. The summed E-state index contributed by atoms with van der Waals surface area (Å²) in [5.41, 5.74) is 7.72. The van der Waals surface area contributed by atoms with E-state index in [0.29, 0.717) is 0 Å². The number of carbonyl (C=O) groups is 1. The Balaban J connectivity index is 2.80. The van der Waals surface area contributed by atoms with E-state index >= 15 is 0 Å². The molecule has 5 nitrogen and oxygen atoms in total. The number of amides is 2. The molecule has 0 saturated heterocycles. The lowest BCUT2D eigenvalue weighted by molar-refractivity contribution is 0.253. The van der Waals surface area contributed by atoms with E-state index < -0.39 is 6.03 Å². The van der Waals surface area contributed by atoms with E-state index in [1.807, 2.05) is 32.0 Å². The van der Waals surface area contributed by atoms with Crippen LogP contribution in [0.1, 0.15) is 11.1 Å². The van der Waals surface area contributed by atoms with Gasteiger partial charge in [0, 0.05) is 5.69 Å². The number of para-hydroxylation sites is 1. The number of carbonyl (C=O) groups excluding carboxylic acids is 1. The van der Waals surface area contributed by atoms with Crippen molar-refractivity contribution in [1.29, 1.82) is 5.41 Å². The summed E-state index contributed by atoms with van der Waals surface area (Å²) in [6, 6.07) is 5.03. The van der Waals surface area contributed by atoms with Gasteiger partial charge in [-0.15, -0.1) is 0 Å². The minimum absolute atomic E-state index is 0.125. The van der Waals surface area contributed by atoms with Crippen molar-refractivity contribution in [2.24, 2.45) is 5.73 Å². The summed E-state index contributed by atoms with van der Waals surface area (Å²) < 4.78 is 0. The van der Waals surface area contributed by atoms with Crippen molar-refractivity contribution in [3.05, 3.63) is 29.3 Å². The van der Waals surface area contributed by atoms with Crippen molar-refractivity contribution >= 4 is 17.7 Å². The molecule has 0 unspecified atom stereocenters. The number of aryl methyl sites for hydroxylation is 2. The largest absolute Gasteiger partial charge is 0.351 e. The topological polar surface area (TPSA) is 91.0 Å². The van der Waals surface area contributed by atoms with Crippen LogP contribution in [0.5, 0.6) is 0 Å². The van der Waals surface area contributed by atoms with Crippen LogP contribution in [-0.2, 0) is 0 Å². The fraction of sp³-hybridized carbons (Fsp3) is 0.200. The Labute approximate surface area is 88.2 Å². The number of nitrogens with two attached hydrogens (primary N) is 1. The molecular weight excluding hydrogens is 192 g/mol. The molecule has 0 fully saturated rings. The zero-order chi connectivity index (χ0) is 11.4. The average molecular weight is 206 g/mol. The second-order valence-electron chi connectivity index (χ2n) is 3.26. The highest BCUT2D eigenvalue weighted by molar-refractivity contribution is 6.02. The molecule has 15 heavy (non-hydrogen) atoms. The highest BCUT2D eigenvalue weighted by Crippen LogP contribution is 2.18. The highest BCUT2D eigenvalue weighted by Gasteiger charge is 2.04. The number of urea groups is 1. The van der Waals surface area contributed by atoms with Gasteiger partial charge in [-0.1, -0.05) is 18.2 Å². The Morgan fingerprint density at radius 2 is 1.87 bits per heavy atom. The molecule has 0 atom stereocenters. The molecule has 80 valence electrons. The van der Waals surface area contributed by atoms with Crippen molar-refractivity contribution in [2.45, 2.75) is 13.8 Å². The van der Waals surface area contributed by atoms with Crippen LogP contribution in [-0.4, -0.2) is 12.0 Å². The van der Waals surface area contributed by atoms with Crippen molar-refractivity contribution in [1.82, 2.24) is 5.32 Å². The fourth-order valence-corrected chi connectivity index (χ4v) is 1.29. The van der Waals surface area contributed by atoms with E-state index in [0.717, 1.165) is 16.8 Å². The monoisotopic (exact) mass is 206 g/mol. The van der Waals surface area contributed by atoms with Gasteiger partial charge in [0.1, 0.15) is 0 Å². The smallest absolute Gasteiger partial charge is 0.318 e.